The second-order valence-corrected chi connectivity index (χ2v) is 13.0. The van der Waals surface area contributed by atoms with Crippen molar-refractivity contribution < 1.29 is 18.0 Å². The smallest absolute Gasteiger partial charge is 0.244 e. The van der Waals surface area contributed by atoms with Crippen LogP contribution < -0.4 is 9.62 Å². The van der Waals surface area contributed by atoms with Gasteiger partial charge in [-0.2, -0.15) is 0 Å². The summed E-state index contributed by atoms with van der Waals surface area (Å²) >= 11 is 12.4. The molecule has 0 saturated heterocycles. The summed E-state index contributed by atoms with van der Waals surface area (Å²) in [6.45, 7) is 6.02. The minimum absolute atomic E-state index is 0.0245. The number of hydrogen-bond donors (Lipinski definition) is 1. The van der Waals surface area contributed by atoms with Crippen LogP contribution in [-0.2, 0) is 32.6 Å². The maximum absolute atomic E-state index is 14.1. The van der Waals surface area contributed by atoms with Crippen molar-refractivity contribution in [2.45, 2.75) is 52.1 Å². The van der Waals surface area contributed by atoms with E-state index in [2.05, 4.69) is 5.32 Å². The summed E-state index contributed by atoms with van der Waals surface area (Å²) in [5.74, 6) is -0.585. The molecule has 220 valence electrons. The lowest BCUT2D eigenvalue weighted by molar-refractivity contribution is -0.140. The summed E-state index contributed by atoms with van der Waals surface area (Å²) in [7, 11) is -3.84. The van der Waals surface area contributed by atoms with Gasteiger partial charge in [-0.3, -0.25) is 13.9 Å². The molecule has 0 spiro atoms. The van der Waals surface area contributed by atoms with Crippen LogP contribution in [0.3, 0.4) is 0 Å². The molecule has 41 heavy (non-hydrogen) atoms. The van der Waals surface area contributed by atoms with Crippen LogP contribution in [0.15, 0.2) is 72.8 Å². The molecule has 0 aliphatic heterocycles. The number of hydrogen-bond acceptors (Lipinski definition) is 4. The number of nitrogens with one attached hydrogen (secondary N) is 1. The second kappa shape index (κ2) is 14.7. The molecule has 3 rings (SSSR count). The van der Waals surface area contributed by atoms with Gasteiger partial charge in [-0.1, -0.05) is 92.5 Å². The third-order valence-corrected chi connectivity index (χ3v) is 8.56. The Labute approximate surface area is 253 Å². The molecule has 0 fully saturated rings. The molecule has 1 atom stereocenters. The zero-order valence-electron chi connectivity index (χ0n) is 23.8. The summed E-state index contributed by atoms with van der Waals surface area (Å²) in [5, 5.41) is 3.59. The predicted octanol–water partition coefficient (Wildman–Crippen LogP) is 6.05. The zero-order chi connectivity index (χ0) is 30.2. The van der Waals surface area contributed by atoms with Crippen LogP contribution in [0.2, 0.25) is 10.0 Å². The van der Waals surface area contributed by atoms with Gasteiger partial charge in [-0.25, -0.2) is 8.42 Å². The van der Waals surface area contributed by atoms with Crippen molar-refractivity contribution in [1.29, 1.82) is 0 Å². The molecule has 0 aliphatic rings. The van der Waals surface area contributed by atoms with Gasteiger partial charge in [-0.05, 0) is 53.3 Å². The van der Waals surface area contributed by atoms with E-state index in [9.17, 15) is 18.0 Å². The summed E-state index contributed by atoms with van der Waals surface area (Å²) < 4.78 is 26.9. The molecule has 3 aromatic carbocycles. The van der Waals surface area contributed by atoms with Gasteiger partial charge in [0.25, 0.3) is 0 Å². The van der Waals surface area contributed by atoms with Crippen molar-refractivity contribution >= 4 is 50.7 Å². The van der Waals surface area contributed by atoms with Crippen molar-refractivity contribution in [1.82, 2.24) is 10.2 Å². The zero-order valence-corrected chi connectivity index (χ0v) is 26.1. The lowest BCUT2D eigenvalue weighted by atomic mass is 10.0. The first-order valence-electron chi connectivity index (χ1n) is 13.5. The fourth-order valence-electron chi connectivity index (χ4n) is 4.39. The van der Waals surface area contributed by atoms with Crippen LogP contribution >= 0.6 is 23.2 Å². The van der Waals surface area contributed by atoms with E-state index in [0.717, 1.165) is 28.1 Å². The third kappa shape index (κ3) is 9.21. The summed E-state index contributed by atoms with van der Waals surface area (Å²) in [6, 6.07) is 20.6. The molecule has 0 radical (unpaired) electrons. The Hall–Kier alpha value is -3.07. The number of amides is 2. The SMILES string of the molecule is CCCNC(=O)[C@@H](Cc1ccccc1)N(Cc1ccc(Cl)c(Cl)c1)C(=O)CN(c1ccc(C(C)C)cc1)S(C)(=O)=O. The third-order valence-electron chi connectivity index (χ3n) is 6.68. The van der Waals surface area contributed by atoms with E-state index < -0.39 is 28.5 Å². The number of sulfonamides is 1. The molecular weight excluding hydrogens is 581 g/mol. The van der Waals surface area contributed by atoms with Gasteiger partial charge < -0.3 is 10.2 Å². The molecule has 0 aromatic heterocycles. The van der Waals surface area contributed by atoms with Crippen molar-refractivity contribution in [2.75, 3.05) is 23.7 Å². The van der Waals surface area contributed by atoms with Gasteiger partial charge in [0.15, 0.2) is 0 Å². The number of benzene rings is 3. The quantitative estimate of drug-likeness (QED) is 0.253. The average Bonchev–Trinajstić information content (AvgIpc) is 2.94. The normalized spacial score (nSPS) is 12.2. The van der Waals surface area contributed by atoms with Crippen LogP contribution in [0.4, 0.5) is 5.69 Å². The monoisotopic (exact) mass is 617 g/mol. The second-order valence-electron chi connectivity index (χ2n) is 10.3. The molecule has 0 heterocycles. The lowest BCUT2D eigenvalue weighted by Crippen LogP contribution is -2.53. The van der Waals surface area contributed by atoms with Crippen molar-refractivity contribution in [3.63, 3.8) is 0 Å². The fraction of sp³-hybridized carbons (Fsp3) is 0.355. The predicted molar refractivity (Wildman–Crippen MR) is 167 cm³/mol. The summed E-state index contributed by atoms with van der Waals surface area (Å²) in [5.41, 5.74) is 2.93. The van der Waals surface area contributed by atoms with Crippen molar-refractivity contribution in [3.8, 4) is 0 Å². The van der Waals surface area contributed by atoms with Gasteiger partial charge in [0.2, 0.25) is 21.8 Å². The minimum atomic E-state index is -3.84. The van der Waals surface area contributed by atoms with E-state index in [4.69, 9.17) is 23.2 Å². The molecule has 0 bridgehead atoms. The van der Waals surface area contributed by atoms with E-state index in [1.165, 1.54) is 4.90 Å². The number of anilines is 1. The van der Waals surface area contributed by atoms with E-state index in [1.54, 1.807) is 30.3 Å². The largest absolute Gasteiger partial charge is 0.354 e. The first-order valence-corrected chi connectivity index (χ1v) is 16.1. The molecule has 10 heteroatoms. The number of carbonyl (C=O) groups excluding carboxylic acids is 2. The summed E-state index contributed by atoms with van der Waals surface area (Å²) in [6.07, 6.45) is 2.03. The van der Waals surface area contributed by atoms with E-state index >= 15 is 0 Å². The highest BCUT2D eigenvalue weighted by atomic mass is 35.5. The Morgan fingerprint density at radius 2 is 1.56 bits per heavy atom. The standard InChI is InChI=1S/C31H37Cl2N3O4S/c1-5-17-34-31(38)29(19-23-9-7-6-8-10-23)35(20-24-11-16-27(32)28(33)18-24)30(37)21-36(41(4,39)40)26-14-12-25(13-15-26)22(2)3/h6-16,18,22,29H,5,17,19-21H2,1-4H3,(H,34,38)/t29-/m1/s1. The Morgan fingerprint density at radius 3 is 2.12 bits per heavy atom. The van der Waals surface area contributed by atoms with Crippen molar-refractivity contribution in [3.05, 3.63) is 99.5 Å². The van der Waals surface area contributed by atoms with Gasteiger partial charge in [0.1, 0.15) is 12.6 Å². The number of nitrogens with zero attached hydrogens (tertiary/aromatic N) is 2. The summed E-state index contributed by atoms with van der Waals surface area (Å²) in [4.78, 5) is 29.1. The fourth-order valence-corrected chi connectivity index (χ4v) is 5.56. The molecule has 1 N–H and O–H groups in total. The molecule has 2 amide bonds. The Balaban J connectivity index is 2.05. The lowest BCUT2D eigenvalue weighted by Gasteiger charge is -2.33. The average molecular weight is 619 g/mol. The number of rotatable bonds is 13. The Kier molecular flexibility index (Phi) is 11.6. The van der Waals surface area contributed by atoms with Crippen LogP contribution in [0, 0.1) is 0 Å². The van der Waals surface area contributed by atoms with Gasteiger partial charge in [0, 0.05) is 19.5 Å². The highest BCUT2D eigenvalue weighted by Crippen LogP contribution is 2.26. The van der Waals surface area contributed by atoms with E-state index in [1.807, 2.05) is 63.2 Å². The minimum Gasteiger partial charge on any atom is -0.354 e. The molecule has 0 saturated carbocycles. The van der Waals surface area contributed by atoms with Crippen LogP contribution in [-0.4, -0.2) is 50.5 Å². The maximum Gasteiger partial charge on any atom is 0.244 e. The first-order chi connectivity index (χ1) is 19.4. The van der Waals surface area contributed by atoms with Gasteiger partial charge >= 0.3 is 0 Å². The van der Waals surface area contributed by atoms with E-state index in [0.29, 0.717) is 27.8 Å². The molecule has 0 unspecified atom stereocenters. The molecular formula is C31H37Cl2N3O4S. The van der Waals surface area contributed by atoms with Gasteiger partial charge in [0.05, 0.1) is 22.0 Å². The highest BCUT2D eigenvalue weighted by Gasteiger charge is 2.33. The molecule has 0 aliphatic carbocycles. The number of halogens is 2. The van der Waals surface area contributed by atoms with Crippen molar-refractivity contribution in [2.24, 2.45) is 0 Å². The van der Waals surface area contributed by atoms with E-state index in [-0.39, 0.29) is 24.8 Å². The Bertz CT molecular complexity index is 1430. The topological polar surface area (TPSA) is 86.8 Å². The Morgan fingerprint density at radius 1 is 0.902 bits per heavy atom. The van der Waals surface area contributed by atoms with Gasteiger partial charge in [-0.15, -0.1) is 0 Å². The highest BCUT2D eigenvalue weighted by molar-refractivity contribution is 7.92. The van der Waals surface area contributed by atoms with Crippen LogP contribution in [0.1, 0.15) is 49.8 Å². The first kappa shape index (κ1) is 32.4. The molecule has 3 aromatic rings. The maximum atomic E-state index is 14.1. The number of carbonyl (C=O) groups is 2. The van der Waals surface area contributed by atoms with Crippen LogP contribution in [0.25, 0.3) is 0 Å². The van der Waals surface area contributed by atoms with Crippen LogP contribution in [0.5, 0.6) is 0 Å². The molecule has 7 nitrogen and oxygen atoms in total.